The number of phenols is 1. The van der Waals surface area contributed by atoms with E-state index in [0.717, 1.165) is 38.9 Å². The van der Waals surface area contributed by atoms with E-state index in [9.17, 15) is 15.2 Å². The third kappa shape index (κ3) is 3.60. The van der Waals surface area contributed by atoms with E-state index >= 15 is 0 Å². The van der Waals surface area contributed by atoms with Crippen LogP contribution >= 0.6 is 0 Å². The lowest BCUT2D eigenvalue weighted by Crippen LogP contribution is -2.26. The van der Waals surface area contributed by atoms with Crippen LogP contribution in [0.4, 0.5) is 11.4 Å². The number of likely N-dealkylation sites (tertiary alicyclic amines) is 1. The van der Waals surface area contributed by atoms with Crippen LogP contribution in [0.15, 0.2) is 18.2 Å². The lowest BCUT2D eigenvalue weighted by atomic mass is 10.1. The van der Waals surface area contributed by atoms with Crippen LogP contribution in [0.3, 0.4) is 0 Å². The van der Waals surface area contributed by atoms with E-state index < -0.39 is 4.92 Å². The zero-order valence-corrected chi connectivity index (χ0v) is 11.7. The van der Waals surface area contributed by atoms with Gasteiger partial charge >= 0.3 is 0 Å². The third-order valence-corrected chi connectivity index (χ3v) is 3.81. The molecule has 0 radical (unpaired) electrons. The summed E-state index contributed by atoms with van der Waals surface area (Å²) in [5.41, 5.74) is 0.421. The SMILES string of the molecule is CCN1CCCC(Nc2ccc(O)cc2[N+](=O)[O-])CC1. The van der Waals surface area contributed by atoms with E-state index in [1.807, 2.05) is 0 Å². The summed E-state index contributed by atoms with van der Waals surface area (Å²) in [4.78, 5) is 13.0. The molecule has 0 saturated carbocycles. The predicted molar refractivity (Wildman–Crippen MR) is 78.1 cm³/mol. The first kappa shape index (κ1) is 14.6. The molecule has 1 aromatic rings. The predicted octanol–water partition coefficient (Wildman–Crippen LogP) is 2.59. The molecule has 20 heavy (non-hydrogen) atoms. The molecule has 1 fully saturated rings. The first-order valence-electron chi connectivity index (χ1n) is 7.06. The first-order valence-corrected chi connectivity index (χ1v) is 7.06. The lowest BCUT2D eigenvalue weighted by Gasteiger charge is -2.19. The fourth-order valence-corrected chi connectivity index (χ4v) is 2.63. The van der Waals surface area contributed by atoms with Crippen molar-refractivity contribution in [1.82, 2.24) is 4.90 Å². The second-order valence-corrected chi connectivity index (χ2v) is 5.16. The minimum absolute atomic E-state index is 0.0680. The molecule has 1 unspecified atom stereocenters. The number of rotatable bonds is 4. The molecule has 1 atom stereocenters. The summed E-state index contributed by atoms with van der Waals surface area (Å²) in [6.07, 6.45) is 3.08. The summed E-state index contributed by atoms with van der Waals surface area (Å²) in [5, 5.41) is 23.7. The third-order valence-electron chi connectivity index (χ3n) is 3.81. The zero-order valence-electron chi connectivity index (χ0n) is 11.7. The average molecular weight is 279 g/mol. The van der Waals surface area contributed by atoms with E-state index in [4.69, 9.17) is 0 Å². The monoisotopic (exact) mass is 279 g/mol. The minimum atomic E-state index is -0.461. The molecular formula is C14H21N3O3. The highest BCUT2D eigenvalue weighted by molar-refractivity contribution is 5.64. The van der Waals surface area contributed by atoms with Crippen molar-refractivity contribution >= 4 is 11.4 Å². The van der Waals surface area contributed by atoms with Gasteiger partial charge in [-0.2, -0.15) is 0 Å². The molecule has 1 aromatic carbocycles. The van der Waals surface area contributed by atoms with E-state index in [1.165, 1.54) is 12.1 Å². The Bertz CT molecular complexity index is 479. The Kier molecular flexibility index (Phi) is 4.79. The van der Waals surface area contributed by atoms with Gasteiger partial charge in [0.25, 0.3) is 5.69 Å². The van der Waals surface area contributed by atoms with Gasteiger partial charge < -0.3 is 15.3 Å². The standard InChI is InChI=1S/C14H21N3O3/c1-2-16-8-3-4-11(7-9-16)15-13-6-5-12(18)10-14(13)17(19)20/h5-6,10-11,15,18H,2-4,7-9H2,1H3. The lowest BCUT2D eigenvalue weighted by molar-refractivity contribution is -0.384. The van der Waals surface area contributed by atoms with Crippen molar-refractivity contribution in [3.8, 4) is 5.75 Å². The summed E-state index contributed by atoms with van der Waals surface area (Å²) in [6.45, 7) is 5.30. The number of anilines is 1. The molecule has 6 nitrogen and oxygen atoms in total. The Morgan fingerprint density at radius 3 is 2.95 bits per heavy atom. The Labute approximate surface area is 118 Å². The quantitative estimate of drug-likeness (QED) is 0.503. The van der Waals surface area contributed by atoms with Gasteiger partial charge in [0.15, 0.2) is 0 Å². The summed E-state index contributed by atoms with van der Waals surface area (Å²) >= 11 is 0. The smallest absolute Gasteiger partial charge is 0.296 e. The Hall–Kier alpha value is -1.82. The molecule has 0 aliphatic carbocycles. The highest BCUT2D eigenvalue weighted by Gasteiger charge is 2.20. The molecule has 0 bridgehead atoms. The zero-order chi connectivity index (χ0) is 14.5. The molecule has 110 valence electrons. The molecule has 0 amide bonds. The second-order valence-electron chi connectivity index (χ2n) is 5.16. The van der Waals surface area contributed by atoms with Gasteiger partial charge in [0, 0.05) is 12.6 Å². The maximum absolute atomic E-state index is 11.0. The van der Waals surface area contributed by atoms with Crippen molar-refractivity contribution in [1.29, 1.82) is 0 Å². The van der Waals surface area contributed by atoms with Crippen LogP contribution in [-0.4, -0.2) is 40.6 Å². The van der Waals surface area contributed by atoms with Crippen molar-refractivity contribution in [2.75, 3.05) is 25.0 Å². The summed E-state index contributed by atoms with van der Waals surface area (Å²) in [7, 11) is 0. The Morgan fingerprint density at radius 2 is 2.25 bits per heavy atom. The number of aromatic hydroxyl groups is 1. The number of benzene rings is 1. The number of hydrogen-bond donors (Lipinski definition) is 2. The molecule has 6 heteroatoms. The fourth-order valence-electron chi connectivity index (χ4n) is 2.63. The molecule has 2 N–H and O–H groups in total. The van der Waals surface area contributed by atoms with Gasteiger partial charge in [-0.3, -0.25) is 10.1 Å². The Balaban J connectivity index is 2.08. The van der Waals surface area contributed by atoms with Crippen molar-refractivity contribution in [2.24, 2.45) is 0 Å². The van der Waals surface area contributed by atoms with Crippen LogP contribution in [0, 0.1) is 10.1 Å². The van der Waals surface area contributed by atoms with Gasteiger partial charge in [-0.15, -0.1) is 0 Å². The first-order chi connectivity index (χ1) is 9.60. The van der Waals surface area contributed by atoms with Crippen molar-refractivity contribution in [3.05, 3.63) is 28.3 Å². The minimum Gasteiger partial charge on any atom is -0.508 e. The Morgan fingerprint density at radius 1 is 1.45 bits per heavy atom. The number of nitro benzene ring substituents is 1. The number of nitrogens with zero attached hydrogens (tertiary/aromatic N) is 2. The number of hydrogen-bond acceptors (Lipinski definition) is 5. The maximum atomic E-state index is 11.0. The summed E-state index contributed by atoms with van der Waals surface area (Å²) in [6, 6.07) is 4.49. The van der Waals surface area contributed by atoms with Crippen LogP contribution in [-0.2, 0) is 0 Å². The van der Waals surface area contributed by atoms with Gasteiger partial charge in [0.1, 0.15) is 11.4 Å². The number of nitrogens with one attached hydrogen (secondary N) is 1. The number of nitro groups is 1. The molecule has 1 aliphatic heterocycles. The molecule has 0 aromatic heterocycles. The highest BCUT2D eigenvalue weighted by Crippen LogP contribution is 2.30. The molecule has 1 saturated heterocycles. The van der Waals surface area contributed by atoms with Crippen molar-refractivity contribution < 1.29 is 10.0 Å². The molecule has 0 spiro atoms. The van der Waals surface area contributed by atoms with E-state index in [2.05, 4.69) is 17.1 Å². The van der Waals surface area contributed by atoms with Gasteiger partial charge in [0.2, 0.25) is 0 Å². The van der Waals surface area contributed by atoms with Crippen LogP contribution in [0.1, 0.15) is 26.2 Å². The van der Waals surface area contributed by atoms with Crippen LogP contribution in [0.2, 0.25) is 0 Å². The highest BCUT2D eigenvalue weighted by atomic mass is 16.6. The molecule has 1 aliphatic rings. The molecular weight excluding hydrogens is 258 g/mol. The summed E-state index contributed by atoms with van der Waals surface area (Å²) < 4.78 is 0. The van der Waals surface area contributed by atoms with E-state index in [1.54, 1.807) is 6.07 Å². The van der Waals surface area contributed by atoms with Crippen LogP contribution in [0.5, 0.6) is 5.75 Å². The summed E-state index contributed by atoms with van der Waals surface area (Å²) in [5.74, 6) is -0.0831. The van der Waals surface area contributed by atoms with E-state index in [-0.39, 0.29) is 17.5 Å². The number of phenolic OH excluding ortho intramolecular Hbond substituents is 1. The molecule has 2 rings (SSSR count). The second kappa shape index (κ2) is 6.56. The van der Waals surface area contributed by atoms with E-state index in [0.29, 0.717) is 5.69 Å². The normalized spacial score (nSPS) is 20.4. The van der Waals surface area contributed by atoms with Crippen LogP contribution in [0.25, 0.3) is 0 Å². The van der Waals surface area contributed by atoms with Gasteiger partial charge in [-0.1, -0.05) is 6.92 Å². The average Bonchev–Trinajstić information content (AvgIpc) is 2.65. The fraction of sp³-hybridized carbons (Fsp3) is 0.571. The largest absolute Gasteiger partial charge is 0.508 e. The maximum Gasteiger partial charge on any atom is 0.296 e. The van der Waals surface area contributed by atoms with Gasteiger partial charge in [-0.05, 0) is 44.5 Å². The van der Waals surface area contributed by atoms with Crippen molar-refractivity contribution in [2.45, 2.75) is 32.2 Å². The van der Waals surface area contributed by atoms with Gasteiger partial charge in [0.05, 0.1) is 11.0 Å². The van der Waals surface area contributed by atoms with Crippen molar-refractivity contribution in [3.63, 3.8) is 0 Å². The van der Waals surface area contributed by atoms with Crippen LogP contribution < -0.4 is 5.32 Å². The van der Waals surface area contributed by atoms with Gasteiger partial charge in [-0.25, -0.2) is 0 Å². The molecule has 1 heterocycles. The topological polar surface area (TPSA) is 78.6 Å².